The standard InChI is InChI=1S/C52H98O5/c1-3-5-7-9-11-13-15-17-19-21-23-25-27-29-31-33-35-37-39-41-43-55-51(53)48-45-47-46-49(57-47)50(48)52(54)56-44-42-40-38-36-34-32-30-28-26-24-22-20-18-16-14-12-10-8-6-4-2/h47-50H,3-46H2,1-2H3. The highest BCUT2D eigenvalue weighted by Gasteiger charge is 2.54. The van der Waals surface area contributed by atoms with E-state index in [0.717, 1.165) is 32.1 Å². The summed E-state index contributed by atoms with van der Waals surface area (Å²) >= 11 is 0. The molecule has 2 bridgehead atoms. The van der Waals surface area contributed by atoms with Gasteiger partial charge in [-0.3, -0.25) is 9.59 Å². The van der Waals surface area contributed by atoms with Crippen LogP contribution in [0, 0.1) is 11.8 Å². The third-order valence-electron chi connectivity index (χ3n) is 13.3. The molecule has 2 heterocycles. The van der Waals surface area contributed by atoms with E-state index < -0.39 is 11.8 Å². The van der Waals surface area contributed by atoms with Gasteiger partial charge < -0.3 is 14.2 Å². The van der Waals surface area contributed by atoms with E-state index in [9.17, 15) is 9.59 Å². The van der Waals surface area contributed by atoms with Gasteiger partial charge in [-0.1, -0.05) is 258 Å². The zero-order chi connectivity index (χ0) is 40.7. The van der Waals surface area contributed by atoms with Gasteiger partial charge in [0, 0.05) is 6.42 Å². The summed E-state index contributed by atoms with van der Waals surface area (Å²) in [6.07, 6.45) is 55.6. The van der Waals surface area contributed by atoms with Crippen molar-refractivity contribution in [3.63, 3.8) is 0 Å². The quantitative estimate of drug-likeness (QED) is 0.0453. The molecule has 4 atom stereocenters. The first-order chi connectivity index (χ1) is 28.2. The lowest BCUT2D eigenvalue weighted by atomic mass is 9.72. The minimum Gasteiger partial charge on any atom is -0.465 e. The Balaban J connectivity index is 1.34. The third-order valence-corrected chi connectivity index (χ3v) is 13.3. The fourth-order valence-corrected chi connectivity index (χ4v) is 9.39. The number of esters is 2. The average molecular weight is 803 g/mol. The topological polar surface area (TPSA) is 61.8 Å². The Morgan fingerprint density at radius 2 is 0.614 bits per heavy atom. The molecule has 57 heavy (non-hydrogen) atoms. The van der Waals surface area contributed by atoms with Crippen LogP contribution in [0.2, 0.25) is 0 Å². The minimum absolute atomic E-state index is 0.0980. The molecule has 4 unspecified atom stereocenters. The second-order valence-corrected chi connectivity index (χ2v) is 18.7. The van der Waals surface area contributed by atoms with Crippen molar-refractivity contribution >= 4 is 11.9 Å². The van der Waals surface area contributed by atoms with Crippen LogP contribution in [-0.4, -0.2) is 37.4 Å². The Morgan fingerprint density at radius 1 is 0.368 bits per heavy atom. The van der Waals surface area contributed by atoms with E-state index in [1.165, 1.54) is 231 Å². The molecule has 0 radical (unpaired) electrons. The van der Waals surface area contributed by atoms with Crippen molar-refractivity contribution in [3.05, 3.63) is 0 Å². The lowest BCUT2D eigenvalue weighted by Crippen LogP contribution is -2.57. The third kappa shape index (κ3) is 28.9. The predicted octanol–water partition coefficient (Wildman–Crippen LogP) is 16.5. The Bertz CT molecular complexity index is 884. The van der Waals surface area contributed by atoms with Crippen molar-refractivity contribution in [1.29, 1.82) is 0 Å². The Morgan fingerprint density at radius 3 is 0.895 bits per heavy atom. The normalized spacial score (nSPS) is 18.8. The first-order valence-corrected chi connectivity index (χ1v) is 26.2. The summed E-state index contributed by atoms with van der Waals surface area (Å²) in [4.78, 5) is 26.2. The van der Waals surface area contributed by atoms with Gasteiger partial charge in [0.2, 0.25) is 0 Å². The van der Waals surface area contributed by atoms with Gasteiger partial charge >= 0.3 is 11.9 Å². The zero-order valence-electron chi connectivity index (χ0n) is 38.5. The van der Waals surface area contributed by atoms with Gasteiger partial charge in [-0.15, -0.1) is 0 Å². The molecule has 336 valence electrons. The van der Waals surface area contributed by atoms with Crippen molar-refractivity contribution in [2.45, 2.75) is 296 Å². The van der Waals surface area contributed by atoms with E-state index in [2.05, 4.69) is 13.8 Å². The van der Waals surface area contributed by atoms with E-state index in [1.807, 2.05) is 0 Å². The molecule has 0 N–H and O–H groups in total. The molecule has 3 aliphatic rings. The number of ether oxygens (including phenoxy) is 3. The van der Waals surface area contributed by atoms with Gasteiger partial charge in [0.25, 0.3) is 0 Å². The first-order valence-electron chi connectivity index (χ1n) is 26.2. The van der Waals surface area contributed by atoms with E-state index in [4.69, 9.17) is 14.2 Å². The van der Waals surface area contributed by atoms with Crippen LogP contribution in [-0.2, 0) is 23.8 Å². The van der Waals surface area contributed by atoms with Crippen LogP contribution in [0.25, 0.3) is 0 Å². The molecule has 2 saturated heterocycles. The molecule has 2 aliphatic heterocycles. The van der Waals surface area contributed by atoms with Crippen LogP contribution in [0.1, 0.15) is 284 Å². The second kappa shape index (κ2) is 39.1. The lowest BCUT2D eigenvalue weighted by Gasteiger charge is -2.48. The van der Waals surface area contributed by atoms with Crippen molar-refractivity contribution < 1.29 is 23.8 Å². The summed E-state index contributed by atoms with van der Waals surface area (Å²) in [7, 11) is 0. The molecule has 1 aliphatic carbocycles. The number of carbonyl (C=O) groups excluding carboxylic acids is 2. The van der Waals surface area contributed by atoms with Gasteiger partial charge in [0.05, 0.1) is 37.3 Å². The molecule has 0 amide bonds. The molecule has 0 aromatic carbocycles. The molecule has 0 aromatic heterocycles. The maximum atomic E-state index is 13.1. The first kappa shape index (κ1) is 52.0. The molecule has 0 spiro atoms. The van der Waals surface area contributed by atoms with Gasteiger partial charge in [-0.25, -0.2) is 0 Å². The van der Waals surface area contributed by atoms with Crippen LogP contribution < -0.4 is 0 Å². The number of hydrogen-bond donors (Lipinski definition) is 0. The molecule has 3 fully saturated rings. The Hall–Kier alpha value is -1.10. The highest BCUT2D eigenvalue weighted by Crippen LogP contribution is 2.44. The van der Waals surface area contributed by atoms with Crippen LogP contribution in [0.15, 0.2) is 0 Å². The SMILES string of the molecule is CCCCCCCCCCCCCCCCCCCCCCOC(=O)C1CC2CC(O2)C1C(=O)OCCCCCCCCCCCCCCCCCCCCCC. The average Bonchev–Trinajstić information content (AvgIpc) is 3.21. The molecular weight excluding hydrogens is 705 g/mol. The summed E-state index contributed by atoms with van der Waals surface area (Å²) in [5.74, 6) is -1.37. The van der Waals surface area contributed by atoms with Crippen molar-refractivity contribution in [2.75, 3.05) is 13.2 Å². The molecule has 0 aromatic rings. The summed E-state index contributed by atoms with van der Waals surface area (Å²) in [6.45, 7) is 5.50. The Kier molecular flexibility index (Phi) is 35.7. The van der Waals surface area contributed by atoms with Crippen LogP contribution in [0.4, 0.5) is 0 Å². The van der Waals surface area contributed by atoms with Crippen molar-refractivity contribution in [1.82, 2.24) is 0 Å². The van der Waals surface area contributed by atoms with E-state index >= 15 is 0 Å². The molecule has 3 rings (SSSR count). The largest absolute Gasteiger partial charge is 0.465 e. The minimum atomic E-state index is -0.498. The van der Waals surface area contributed by atoms with Crippen LogP contribution in [0.5, 0.6) is 0 Å². The maximum absolute atomic E-state index is 13.1. The number of fused-ring (bicyclic) bond motifs is 2. The number of rotatable bonds is 44. The van der Waals surface area contributed by atoms with Crippen LogP contribution >= 0.6 is 0 Å². The van der Waals surface area contributed by atoms with Gasteiger partial charge in [-0.2, -0.15) is 0 Å². The maximum Gasteiger partial charge on any atom is 0.312 e. The molecular formula is C52H98O5. The summed E-state index contributed by atoms with van der Waals surface area (Å²) in [5, 5.41) is 0. The Labute approximate surface area is 355 Å². The monoisotopic (exact) mass is 803 g/mol. The summed E-state index contributed by atoms with van der Waals surface area (Å²) in [6, 6.07) is 0. The zero-order valence-corrected chi connectivity index (χ0v) is 38.5. The van der Waals surface area contributed by atoms with Gasteiger partial charge in [-0.05, 0) is 19.3 Å². The lowest BCUT2D eigenvalue weighted by molar-refractivity contribution is -0.222. The summed E-state index contributed by atoms with van der Waals surface area (Å²) < 4.78 is 17.3. The number of hydrogen-bond acceptors (Lipinski definition) is 5. The molecule has 5 heteroatoms. The second-order valence-electron chi connectivity index (χ2n) is 18.7. The van der Waals surface area contributed by atoms with Gasteiger partial charge in [0.15, 0.2) is 0 Å². The fourth-order valence-electron chi connectivity index (χ4n) is 9.39. The molecule has 5 nitrogen and oxygen atoms in total. The highest BCUT2D eigenvalue weighted by molar-refractivity contribution is 5.83. The predicted molar refractivity (Wildman–Crippen MR) is 243 cm³/mol. The van der Waals surface area contributed by atoms with Crippen molar-refractivity contribution in [2.24, 2.45) is 11.8 Å². The molecule has 1 saturated carbocycles. The van der Waals surface area contributed by atoms with E-state index in [1.54, 1.807) is 0 Å². The summed E-state index contributed by atoms with van der Waals surface area (Å²) in [5.41, 5.74) is 0. The van der Waals surface area contributed by atoms with E-state index in [-0.39, 0.29) is 24.1 Å². The number of carbonyl (C=O) groups is 2. The fraction of sp³-hybridized carbons (Fsp3) is 0.962. The smallest absolute Gasteiger partial charge is 0.312 e. The highest BCUT2D eigenvalue weighted by atomic mass is 16.6. The van der Waals surface area contributed by atoms with E-state index in [0.29, 0.717) is 19.6 Å². The van der Waals surface area contributed by atoms with Gasteiger partial charge in [0.1, 0.15) is 0 Å². The van der Waals surface area contributed by atoms with Crippen molar-refractivity contribution in [3.8, 4) is 0 Å². The van der Waals surface area contributed by atoms with Crippen LogP contribution in [0.3, 0.4) is 0 Å². The number of unbranched alkanes of at least 4 members (excludes halogenated alkanes) is 38.